The Labute approximate surface area is 129 Å². The van der Waals surface area contributed by atoms with E-state index in [9.17, 15) is 19.8 Å². The van der Waals surface area contributed by atoms with Crippen LogP contribution in [0.2, 0.25) is 0 Å². The van der Waals surface area contributed by atoms with Crippen LogP contribution in [-0.2, 0) is 16.0 Å². The van der Waals surface area contributed by atoms with E-state index in [2.05, 4.69) is 5.32 Å². The summed E-state index contributed by atoms with van der Waals surface area (Å²) >= 11 is 0. The fourth-order valence-corrected chi connectivity index (χ4v) is 1.96. The predicted molar refractivity (Wildman–Crippen MR) is 82.4 cm³/mol. The van der Waals surface area contributed by atoms with Crippen LogP contribution in [0.5, 0.6) is 5.75 Å². The lowest BCUT2D eigenvalue weighted by Crippen LogP contribution is -2.49. The van der Waals surface area contributed by atoms with Gasteiger partial charge in [0, 0.05) is 6.42 Å². The number of carboxylic acids is 1. The molecule has 0 bridgehead atoms. The van der Waals surface area contributed by atoms with Gasteiger partial charge in [0.05, 0.1) is 6.04 Å². The fourth-order valence-electron chi connectivity index (χ4n) is 1.96. The normalized spacial score (nSPS) is 13.1. The molecule has 0 aliphatic rings. The molecule has 0 unspecified atom stereocenters. The molecule has 0 fully saturated rings. The zero-order valence-corrected chi connectivity index (χ0v) is 12.7. The van der Waals surface area contributed by atoms with Crippen LogP contribution in [0.15, 0.2) is 24.3 Å². The average molecular weight is 312 g/mol. The lowest BCUT2D eigenvalue weighted by Gasteiger charge is -2.19. The maximum atomic E-state index is 11.9. The number of carbonyl (C=O) groups excluding carboxylic acids is 1. The zero-order chi connectivity index (χ0) is 16.0. The van der Waals surface area contributed by atoms with Gasteiger partial charge < -0.3 is 26.7 Å². The Hall–Kier alpha value is -2.12. The second kappa shape index (κ2) is 9.01. The predicted octanol–water partition coefficient (Wildman–Crippen LogP) is 0.0528. The summed E-state index contributed by atoms with van der Waals surface area (Å²) in [5.41, 5.74) is 6.45. The summed E-state index contributed by atoms with van der Waals surface area (Å²) < 4.78 is 0. The first-order valence-electron chi connectivity index (χ1n) is 6.86. The summed E-state index contributed by atoms with van der Waals surface area (Å²) in [6.45, 7) is 3.89. The van der Waals surface area contributed by atoms with Gasteiger partial charge in [-0.15, -0.1) is 0 Å². The summed E-state index contributed by atoms with van der Waals surface area (Å²) in [5, 5.41) is 20.9. The molecule has 1 aromatic rings. The van der Waals surface area contributed by atoms with Gasteiger partial charge in [-0.25, -0.2) is 4.79 Å². The molecular weight excluding hydrogens is 288 g/mol. The van der Waals surface area contributed by atoms with Crippen molar-refractivity contribution < 1.29 is 25.3 Å². The third-order valence-electron chi connectivity index (χ3n) is 3.05. The van der Waals surface area contributed by atoms with E-state index in [1.54, 1.807) is 12.1 Å². The van der Waals surface area contributed by atoms with Crippen LogP contribution in [0.25, 0.3) is 0 Å². The standard InChI is InChI=1S/C15H22N2O4.H2O/c1-9(2)7-12(16)14(19)17-13(15(20)21)8-10-3-5-11(18)6-4-10;/h3-6,9,12-13,18H,7-8,16H2,1-2H3,(H,17,19)(H,20,21);1H2/t12-,13+;/m1./s1. The van der Waals surface area contributed by atoms with Crippen LogP contribution in [0, 0.1) is 5.92 Å². The molecule has 1 aromatic carbocycles. The molecule has 124 valence electrons. The van der Waals surface area contributed by atoms with Gasteiger partial charge in [-0.1, -0.05) is 26.0 Å². The summed E-state index contributed by atoms with van der Waals surface area (Å²) in [7, 11) is 0. The number of hydrogen-bond acceptors (Lipinski definition) is 4. The van der Waals surface area contributed by atoms with Gasteiger partial charge in [0.15, 0.2) is 0 Å². The SMILES string of the molecule is CC(C)C[C@@H](N)C(=O)N[C@@H](Cc1ccc(O)cc1)C(=O)O.O. The van der Waals surface area contributed by atoms with Crippen LogP contribution in [0.4, 0.5) is 0 Å². The number of benzene rings is 1. The molecule has 7 nitrogen and oxygen atoms in total. The molecule has 0 saturated carbocycles. The fraction of sp³-hybridized carbons (Fsp3) is 0.467. The van der Waals surface area contributed by atoms with E-state index >= 15 is 0 Å². The minimum Gasteiger partial charge on any atom is -0.508 e. The van der Waals surface area contributed by atoms with Crippen molar-refractivity contribution in [3.05, 3.63) is 29.8 Å². The monoisotopic (exact) mass is 312 g/mol. The van der Waals surface area contributed by atoms with E-state index < -0.39 is 24.0 Å². The Morgan fingerprint density at radius 2 is 1.77 bits per heavy atom. The van der Waals surface area contributed by atoms with Gasteiger partial charge in [-0.2, -0.15) is 0 Å². The van der Waals surface area contributed by atoms with Gasteiger partial charge in [0.2, 0.25) is 5.91 Å². The lowest BCUT2D eigenvalue weighted by molar-refractivity contribution is -0.142. The maximum Gasteiger partial charge on any atom is 0.326 e. The van der Waals surface area contributed by atoms with Gasteiger partial charge in [-0.05, 0) is 30.0 Å². The molecule has 0 radical (unpaired) electrons. The highest BCUT2D eigenvalue weighted by Crippen LogP contribution is 2.12. The summed E-state index contributed by atoms with van der Waals surface area (Å²) in [6, 6.07) is 4.42. The number of rotatable bonds is 7. The van der Waals surface area contributed by atoms with Crippen molar-refractivity contribution in [2.75, 3.05) is 0 Å². The van der Waals surface area contributed by atoms with Crippen molar-refractivity contribution in [2.24, 2.45) is 11.7 Å². The minimum absolute atomic E-state index is 0. The summed E-state index contributed by atoms with van der Waals surface area (Å²) in [5.74, 6) is -1.22. The van der Waals surface area contributed by atoms with E-state index in [1.165, 1.54) is 12.1 Å². The van der Waals surface area contributed by atoms with Gasteiger partial charge in [-0.3, -0.25) is 4.79 Å². The van der Waals surface area contributed by atoms with Gasteiger partial charge in [0.25, 0.3) is 0 Å². The molecule has 22 heavy (non-hydrogen) atoms. The summed E-state index contributed by atoms with van der Waals surface area (Å²) in [6.07, 6.45) is 0.632. The Bertz CT molecular complexity index is 487. The zero-order valence-electron chi connectivity index (χ0n) is 12.7. The minimum atomic E-state index is -1.12. The number of carboxylic acid groups (broad SMARTS) is 1. The molecule has 0 heterocycles. The van der Waals surface area contributed by atoms with E-state index in [-0.39, 0.29) is 23.6 Å². The number of aromatic hydroxyl groups is 1. The second-order valence-corrected chi connectivity index (χ2v) is 5.51. The first kappa shape index (κ1) is 19.9. The number of aliphatic carboxylic acids is 1. The van der Waals surface area contributed by atoms with Crippen LogP contribution in [0.1, 0.15) is 25.8 Å². The largest absolute Gasteiger partial charge is 0.508 e. The molecule has 7 heteroatoms. The lowest BCUT2D eigenvalue weighted by atomic mass is 10.0. The second-order valence-electron chi connectivity index (χ2n) is 5.51. The molecular formula is C15H24N2O5. The summed E-state index contributed by atoms with van der Waals surface area (Å²) in [4.78, 5) is 23.1. The topological polar surface area (TPSA) is 144 Å². The number of hydrogen-bond donors (Lipinski definition) is 4. The molecule has 0 aliphatic carbocycles. The van der Waals surface area contributed by atoms with Crippen LogP contribution < -0.4 is 11.1 Å². The van der Waals surface area contributed by atoms with Crippen molar-refractivity contribution in [3.8, 4) is 5.75 Å². The first-order chi connectivity index (χ1) is 9.79. The number of amides is 1. The van der Waals surface area contributed by atoms with Crippen molar-refractivity contribution >= 4 is 11.9 Å². The Morgan fingerprint density at radius 1 is 1.23 bits per heavy atom. The smallest absolute Gasteiger partial charge is 0.326 e. The van der Waals surface area contributed by atoms with Crippen molar-refractivity contribution in [2.45, 2.75) is 38.8 Å². The van der Waals surface area contributed by atoms with Gasteiger partial charge in [0.1, 0.15) is 11.8 Å². The molecule has 0 spiro atoms. The van der Waals surface area contributed by atoms with E-state index in [0.717, 1.165) is 0 Å². The molecule has 0 aliphatic heterocycles. The average Bonchev–Trinajstić information content (AvgIpc) is 2.39. The van der Waals surface area contributed by atoms with E-state index in [4.69, 9.17) is 5.73 Å². The van der Waals surface area contributed by atoms with Gasteiger partial charge >= 0.3 is 5.97 Å². The Morgan fingerprint density at radius 3 is 2.23 bits per heavy atom. The van der Waals surface area contributed by atoms with Crippen molar-refractivity contribution in [1.82, 2.24) is 5.32 Å². The maximum absolute atomic E-state index is 11.9. The molecule has 2 atom stereocenters. The number of carbonyl (C=O) groups is 2. The number of phenols is 1. The highest BCUT2D eigenvalue weighted by molar-refractivity contribution is 5.86. The molecule has 1 rings (SSSR count). The number of phenolic OH excluding ortho intramolecular Hbond substituents is 1. The molecule has 7 N–H and O–H groups in total. The highest BCUT2D eigenvalue weighted by atomic mass is 16.4. The molecule has 1 amide bonds. The first-order valence-corrected chi connectivity index (χ1v) is 6.86. The quantitative estimate of drug-likeness (QED) is 0.562. The third kappa shape index (κ3) is 6.55. The molecule has 0 aromatic heterocycles. The van der Waals surface area contributed by atoms with Crippen LogP contribution in [-0.4, -0.2) is 39.6 Å². The Balaban J connectivity index is 0.00000441. The number of nitrogens with one attached hydrogen (secondary N) is 1. The van der Waals surface area contributed by atoms with Crippen LogP contribution >= 0.6 is 0 Å². The Kier molecular flexibility index (Phi) is 8.14. The van der Waals surface area contributed by atoms with Crippen molar-refractivity contribution in [1.29, 1.82) is 0 Å². The van der Waals surface area contributed by atoms with Crippen LogP contribution in [0.3, 0.4) is 0 Å². The highest BCUT2D eigenvalue weighted by Gasteiger charge is 2.23. The molecule has 0 saturated heterocycles. The van der Waals surface area contributed by atoms with E-state index in [1.807, 2.05) is 13.8 Å². The van der Waals surface area contributed by atoms with E-state index in [0.29, 0.717) is 12.0 Å². The number of nitrogens with two attached hydrogens (primary N) is 1. The van der Waals surface area contributed by atoms with Crippen molar-refractivity contribution in [3.63, 3.8) is 0 Å². The third-order valence-corrected chi connectivity index (χ3v) is 3.05.